The highest BCUT2D eigenvalue weighted by atomic mass is 16.5. The van der Waals surface area contributed by atoms with Gasteiger partial charge in [-0.1, -0.05) is 0 Å². The van der Waals surface area contributed by atoms with Crippen molar-refractivity contribution in [3.05, 3.63) is 47.4 Å². The fraction of sp³-hybridized carbons (Fsp3) is 0.368. The van der Waals surface area contributed by atoms with E-state index in [4.69, 9.17) is 9.15 Å². The van der Waals surface area contributed by atoms with Crippen LogP contribution in [0.1, 0.15) is 34.5 Å². The molecule has 1 aliphatic rings. The number of ether oxygens (including phenoxy) is 1. The molecule has 25 heavy (non-hydrogen) atoms. The van der Waals surface area contributed by atoms with Crippen molar-refractivity contribution in [3.8, 4) is 0 Å². The van der Waals surface area contributed by atoms with Gasteiger partial charge in [-0.2, -0.15) is 0 Å². The second kappa shape index (κ2) is 7.42. The van der Waals surface area contributed by atoms with Gasteiger partial charge in [0.2, 0.25) is 0 Å². The highest BCUT2D eigenvalue weighted by Crippen LogP contribution is 2.25. The number of carbonyl (C=O) groups is 2. The number of nitrogens with one attached hydrogen (secondary N) is 1. The van der Waals surface area contributed by atoms with Crippen LogP contribution in [0, 0.1) is 13.8 Å². The number of hydrogen-bond donors (Lipinski definition) is 1. The minimum absolute atomic E-state index is 0.332. The van der Waals surface area contributed by atoms with Crippen LogP contribution in [0.4, 0.5) is 11.4 Å². The van der Waals surface area contributed by atoms with Crippen molar-refractivity contribution in [2.45, 2.75) is 26.7 Å². The van der Waals surface area contributed by atoms with E-state index in [1.165, 1.54) is 30.9 Å². The van der Waals surface area contributed by atoms with Crippen LogP contribution in [0.15, 0.2) is 34.9 Å². The maximum atomic E-state index is 12.0. The standard InChI is InChI=1S/C19H22N2O4/c1-13-11-15(21-8-3-4-9-21)5-6-17(13)20-18(22)12-25-19(23)16-7-10-24-14(16)2/h5-7,10-11H,3-4,8-9,12H2,1-2H3,(H,20,22). The highest BCUT2D eigenvalue weighted by Gasteiger charge is 2.16. The van der Waals surface area contributed by atoms with Crippen LogP contribution in [0.3, 0.4) is 0 Å². The van der Waals surface area contributed by atoms with Crippen molar-refractivity contribution in [1.82, 2.24) is 0 Å². The van der Waals surface area contributed by atoms with E-state index in [-0.39, 0.29) is 12.5 Å². The van der Waals surface area contributed by atoms with Gasteiger partial charge in [0, 0.05) is 24.5 Å². The van der Waals surface area contributed by atoms with Crippen LogP contribution in [-0.4, -0.2) is 31.6 Å². The zero-order valence-electron chi connectivity index (χ0n) is 14.5. The SMILES string of the molecule is Cc1cc(N2CCCC2)ccc1NC(=O)COC(=O)c1ccoc1C. The molecular weight excluding hydrogens is 320 g/mol. The summed E-state index contributed by atoms with van der Waals surface area (Å²) in [7, 11) is 0. The first-order valence-corrected chi connectivity index (χ1v) is 8.41. The second-order valence-corrected chi connectivity index (χ2v) is 6.21. The summed E-state index contributed by atoms with van der Waals surface area (Å²) < 4.78 is 10.1. The number of amides is 1. The lowest BCUT2D eigenvalue weighted by molar-refractivity contribution is -0.119. The molecule has 0 unspecified atom stereocenters. The first-order valence-electron chi connectivity index (χ1n) is 8.41. The van der Waals surface area contributed by atoms with E-state index in [1.54, 1.807) is 6.92 Å². The molecule has 3 rings (SSSR count). The van der Waals surface area contributed by atoms with Gasteiger partial charge in [-0.3, -0.25) is 4.79 Å². The molecule has 1 N–H and O–H groups in total. The van der Waals surface area contributed by atoms with E-state index in [1.807, 2.05) is 19.1 Å². The third-order valence-electron chi connectivity index (χ3n) is 4.37. The number of esters is 1. The summed E-state index contributed by atoms with van der Waals surface area (Å²) in [6.45, 7) is 5.44. The van der Waals surface area contributed by atoms with Crippen molar-refractivity contribution in [2.24, 2.45) is 0 Å². The minimum Gasteiger partial charge on any atom is -0.469 e. The minimum atomic E-state index is -0.567. The molecule has 0 aliphatic carbocycles. The summed E-state index contributed by atoms with van der Waals surface area (Å²) in [6.07, 6.45) is 3.86. The fourth-order valence-corrected chi connectivity index (χ4v) is 2.95. The highest BCUT2D eigenvalue weighted by molar-refractivity contribution is 5.96. The van der Waals surface area contributed by atoms with E-state index >= 15 is 0 Å². The summed E-state index contributed by atoms with van der Waals surface area (Å²) in [5, 5.41) is 2.79. The van der Waals surface area contributed by atoms with Crippen LogP contribution >= 0.6 is 0 Å². The molecule has 2 heterocycles. The molecule has 0 atom stereocenters. The lowest BCUT2D eigenvalue weighted by Gasteiger charge is -2.19. The van der Waals surface area contributed by atoms with Gasteiger partial charge in [0.1, 0.15) is 11.3 Å². The summed E-state index contributed by atoms with van der Waals surface area (Å²) >= 11 is 0. The van der Waals surface area contributed by atoms with Crippen LogP contribution in [0.2, 0.25) is 0 Å². The molecule has 132 valence electrons. The average molecular weight is 342 g/mol. The molecule has 1 saturated heterocycles. The van der Waals surface area contributed by atoms with Gasteiger partial charge in [0.25, 0.3) is 5.91 Å². The normalized spacial score (nSPS) is 13.8. The van der Waals surface area contributed by atoms with E-state index in [2.05, 4.69) is 16.3 Å². The zero-order valence-corrected chi connectivity index (χ0v) is 14.5. The number of furan rings is 1. The van der Waals surface area contributed by atoms with Crippen molar-refractivity contribution >= 4 is 23.3 Å². The fourth-order valence-electron chi connectivity index (χ4n) is 2.95. The summed E-state index contributed by atoms with van der Waals surface area (Å²) in [5.74, 6) is -0.465. The lowest BCUT2D eigenvalue weighted by Crippen LogP contribution is -2.22. The Morgan fingerprint density at radius 2 is 1.96 bits per heavy atom. The second-order valence-electron chi connectivity index (χ2n) is 6.21. The van der Waals surface area contributed by atoms with Crippen molar-refractivity contribution in [2.75, 3.05) is 29.9 Å². The Morgan fingerprint density at radius 1 is 1.20 bits per heavy atom. The van der Waals surface area contributed by atoms with Crippen LogP contribution < -0.4 is 10.2 Å². The first kappa shape index (κ1) is 17.1. The number of rotatable bonds is 5. The zero-order chi connectivity index (χ0) is 17.8. The Morgan fingerprint density at radius 3 is 2.60 bits per heavy atom. The van der Waals surface area contributed by atoms with Gasteiger partial charge in [0.15, 0.2) is 6.61 Å². The molecule has 0 radical (unpaired) electrons. The largest absolute Gasteiger partial charge is 0.469 e. The predicted molar refractivity (Wildman–Crippen MR) is 95.0 cm³/mol. The summed E-state index contributed by atoms with van der Waals surface area (Å²) in [5.41, 5.74) is 3.21. The molecule has 6 nitrogen and oxygen atoms in total. The molecule has 6 heteroatoms. The van der Waals surface area contributed by atoms with Crippen molar-refractivity contribution in [3.63, 3.8) is 0 Å². The van der Waals surface area contributed by atoms with E-state index in [9.17, 15) is 9.59 Å². The third kappa shape index (κ3) is 4.02. The van der Waals surface area contributed by atoms with Gasteiger partial charge in [-0.05, 0) is 56.5 Å². The molecule has 1 aliphatic heterocycles. The smallest absolute Gasteiger partial charge is 0.342 e. The van der Waals surface area contributed by atoms with E-state index in [0.717, 1.165) is 24.3 Å². The van der Waals surface area contributed by atoms with Crippen LogP contribution in [-0.2, 0) is 9.53 Å². The molecule has 2 aromatic rings. The Labute approximate surface area is 146 Å². The number of nitrogens with zero attached hydrogens (tertiary/aromatic N) is 1. The number of anilines is 2. The number of aryl methyl sites for hydroxylation is 2. The number of carbonyl (C=O) groups excluding carboxylic acids is 2. The molecule has 0 bridgehead atoms. The Balaban J connectivity index is 1.55. The first-order chi connectivity index (χ1) is 12.0. The summed E-state index contributed by atoms with van der Waals surface area (Å²) in [6, 6.07) is 7.50. The molecular formula is C19H22N2O4. The Kier molecular flexibility index (Phi) is 5.07. The van der Waals surface area contributed by atoms with Gasteiger partial charge in [-0.25, -0.2) is 4.79 Å². The third-order valence-corrected chi connectivity index (χ3v) is 4.37. The number of benzene rings is 1. The Bertz CT molecular complexity index is 775. The van der Waals surface area contributed by atoms with E-state index < -0.39 is 5.97 Å². The number of hydrogen-bond acceptors (Lipinski definition) is 5. The van der Waals surface area contributed by atoms with Gasteiger partial charge in [-0.15, -0.1) is 0 Å². The summed E-state index contributed by atoms with van der Waals surface area (Å²) in [4.78, 5) is 26.3. The Hall–Kier alpha value is -2.76. The molecule has 0 spiro atoms. The van der Waals surface area contributed by atoms with E-state index in [0.29, 0.717) is 11.3 Å². The molecule has 1 aromatic heterocycles. The quantitative estimate of drug-likeness (QED) is 0.844. The van der Waals surface area contributed by atoms with Crippen molar-refractivity contribution in [1.29, 1.82) is 0 Å². The van der Waals surface area contributed by atoms with Gasteiger partial charge in [0.05, 0.1) is 6.26 Å². The predicted octanol–water partition coefficient (Wildman–Crippen LogP) is 3.29. The lowest BCUT2D eigenvalue weighted by atomic mass is 10.1. The van der Waals surface area contributed by atoms with Crippen molar-refractivity contribution < 1.29 is 18.7 Å². The maximum Gasteiger partial charge on any atom is 0.342 e. The maximum absolute atomic E-state index is 12.0. The monoisotopic (exact) mass is 342 g/mol. The van der Waals surface area contributed by atoms with Gasteiger partial charge >= 0.3 is 5.97 Å². The van der Waals surface area contributed by atoms with Crippen LogP contribution in [0.25, 0.3) is 0 Å². The van der Waals surface area contributed by atoms with Gasteiger partial charge < -0.3 is 19.4 Å². The topological polar surface area (TPSA) is 71.8 Å². The average Bonchev–Trinajstić information content (AvgIpc) is 3.26. The molecule has 1 aromatic carbocycles. The molecule has 1 fully saturated rings. The molecule has 0 saturated carbocycles. The van der Waals surface area contributed by atoms with Crippen LogP contribution in [0.5, 0.6) is 0 Å². The molecule has 1 amide bonds.